The van der Waals surface area contributed by atoms with Gasteiger partial charge in [0.2, 0.25) is 0 Å². The first-order chi connectivity index (χ1) is 16.0. The lowest BCUT2D eigenvalue weighted by atomic mass is 9.82. The summed E-state index contributed by atoms with van der Waals surface area (Å²) in [6.45, 7) is 3.01. The number of likely N-dealkylation sites (tertiary alicyclic amines) is 1. The Morgan fingerprint density at radius 3 is 2.64 bits per heavy atom. The van der Waals surface area contributed by atoms with E-state index in [0.29, 0.717) is 25.2 Å². The van der Waals surface area contributed by atoms with Crippen molar-refractivity contribution in [3.05, 3.63) is 71.5 Å². The highest BCUT2D eigenvalue weighted by atomic mass is 19.1. The zero-order valence-electron chi connectivity index (χ0n) is 19.0. The van der Waals surface area contributed by atoms with Crippen LogP contribution in [0.25, 0.3) is 0 Å². The first-order valence-electron chi connectivity index (χ1n) is 12.0. The Hall–Kier alpha value is -2.73. The number of carbonyl (C=O) groups excluding carboxylic acids is 2. The molecule has 5 nitrogen and oxygen atoms in total. The van der Waals surface area contributed by atoms with E-state index in [4.69, 9.17) is 4.74 Å². The Balaban J connectivity index is 1.29. The molecule has 0 aromatic heterocycles. The molecule has 0 radical (unpaired) electrons. The number of rotatable bonds is 7. The molecule has 33 heavy (non-hydrogen) atoms. The molecule has 176 valence electrons. The van der Waals surface area contributed by atoms with E-state index < -0.39 is 6.09 Å². The van der Waals surface area contributed by atoms with E-state index in [9.17, 15) is 14.0 Å². The molecule has 1 N–H and O–H groups in total. The van der Waals surface area contributed by atoms with Gasteiger partial charge >= 0.3 is 6.09 Å². The summed E-state index contributed by atoms with van der Waals surface area (Å²) in [5, 5.41) is 3.03. The van der Waals surface area contributed by atoms with E-state index >= 15 is 0 Å². The van der Waals surface area contributed by atoms with Crippen molar-refractivity contribution in [3.63, 3.8) is 0 Å². The lowest BCUT2D eigenvalue weighted by Gasteiger charge is -2.38. The topological polar surface area (TPSA) is 58.6 Å². The van der Waals surface area contributed by atoms with Gasteiger partial charge in [0.05, 0.1) is 0 Å². The molecule has 0 bridgehead atoms. The van der Waals surface area contributed by atoms with E-state index in [2.05, 4.69) is 10.2 Å². The van der Waals surface area contributed by atoms with Crippen LogP contribution in [0.15, 0.2) is 54.6 Å². The summed E-state index contributed by atoms with van der Waals surface area (Å²) >= 11 is 0. The lowest BCUT2D eigenvalue weighted by molar-refractivity contribution is -0.122. The van der Waals surface area contributed by atoms with Gasteiger partial charge in [0.15, 0.2) is 0 Å². The fraction of sp³-hybridized carbons (Fsp3) is 0.481. The quantitative estimate of drug-likeness (QED) is 0.659. The van der Waals surface area contributed by atoms with E-state index in [1.54, 1.807) is 0 Å². The molecule has 6 heteroatoms. The predicted molar refractivity (Wildman–Crippen MR) is 125 cm³/mol. The van der Waals surface area contributed by atoms with Gasteiger partial charge in [0.1, 0.15) is 18.2 Å². The molecule has 2 fully saturated rings. The molecule has 3 atom stereocenters. The van der Waals surface area contributed by atoms with Gasteiger partial charge in [-0.05, 0) is 67.3 Å². The average Bonchev–Trinajstić information content (AvgIpc) is 2.82. The van der Waals surface area contributed by atoms with Crippen molar-refractivity contribution in [2.75, 3.05) is 19.6 Å². The van der Waals surface area contributed by atoms with Crippen LogP contribution >= 0.6 is 0 Å². The highest BCUT2D eigenvalue weighted by molar-refractivity contribution is 5.80. The summed E-state index contributed by atoms with van der Waals surface area (Å²) in [6.07, 6.45) is 4.46. The van der Waals surface area contributed by atoms with E-state index in [0.717, 1.165) is 50.0 Å². The van der Waals surface area contributed by atoms with Gasteiger partial charge in [-0.25, -0.2) is 9.18 Å². The number of hydrogen-bond acceptors (Lipinski definition) is 4. The zero-order valence-corrected chi connectivity index (χ0v) is 19.0. The van der Waals surface area contributed by atoms with Gasteiger partial charge < -0.3 is 15.0 Å². The zero-order chi connectivity index (χ0) is 23.0. The number of piperidine rings is 1. The first-order valence-corrected chi connectivity index (χ1v) is 12.0. The third-order valence-corrected chi connectivity index (χ3v) is 6.84. The van der Waals surface area contributed by atoms with Crippen molar-refractivity contribution >= 4 is 11.9 Å². The third kappa shape index (κ3) is 7.13. The van der Waals surface area contributed by atoms with Crippen LogP contribution in [-0.2, 0) is 22.6 Å². The summed E-state index contributed by atoms with van der Waals surface area (Å²) in [5.74, 6) is 0.688. The summed E-state index contributed by atoms with van der Waals surface area (Å²) in [4.78, 5) is 27.1. The van der Waals surface area contributed by atoms with Crippen molar-refractivity contribution in [2.45, 2.75) is 51.2 Å². The minimum absolute atomic E-state index is 0.0524. The van der Waals surface area contributed by atoms with Gasteiger partial charge in [-0.15, -0.1) is 0 Å². The van der Waals surface area contributed by atoms with E-state index in [-0.39, 0.29) is 30.2 Å². The molecule has 0 spiro atoms. The molecule has 1 saturated heterocycles. The molecule has 1 aliphatic heterocycles. The SMILES string of the molecule is O=C1CC[C@@H](NC(=O)OCc2ccccc2)[C@H](CN2CCC[C@@H](Cc3ccc(F)cc3)C2)C1. The van der Waals surface area contributed by atoms with Gasteiger partial charge in [0.25, 0.3) is 0 Å². The van der Waals surface area contributed by atoms with Crippen molar-refractivity contribution in [2.24, 2.45) is 11.8 Å². The van der Waals surface area contributed by atoms with Gasteiger partial charge in [-0.2, -0.15) is 0 Å². The Labute approximate surface area is 195 Å². The van der Waals surface area contributed by atoms with Crippen LogP contribution in [0.5, 0.6) is 0 Å². The second kappa shape index (κ2) is 11.4. The van der Waals surface area contributed by atoms with Gasteiger partial charge in [-0.1, -0.05) is 42.5 Å². The molecule has 1 amide bonds. The Morgan fingerprint density at radius 1 is 1.06 bits per heavy atom. The number of halogens is 1. The Bertz CT molecular complexity index is 919. The number of hydrogen-bond donors (Lipinski definition) is 1. The van der Waals surface area contributed by atoms with Crippen LogP contribution in [0.3, 0.4) is 0 Å². The van der Waals surface area contributed by atoms with Gasteiger partial charge in [-0.3, -0.25) is 4.79 Å². The highest BCUT2D eigenvalue weighted by Gasteiger charge is 2.33. The second-order valence-electron chi connectivity index (χ2n) is 9.45. The van der Waals surface area contributed by atoms with E-state index in [1.807, 2.05) is 42.5 Å². The predicted octanol–water partition coefficient (Wildman–Crippen LogP) is 4.74. The summed E-state index contributed by atoms with van der Waals surface area (Å²) in [6, 6.07) is 16.4. The fourth-order valence-electron chi connectivity index (χ4n) is 5.16. The maximum atomic E-state index is 13.2. The minimum Gasteiger partial charge on any atom is -0.445 e. The van der Waals surface area contributed by atoms with Crippen LogP contribution in [0.1, 0.15) is 43.2 Å². The van der Waals surface area contributed by atoms with Crippen molar-refractivity contribution in [1.29, 1.82) is 0 Å². The largest absolute Gasteiger partial charge is 0.445 e. The number of amides is 1. The molecule has 4 rings (SSSR count). The second-order valence-corrected chi connectivity index (χ2v) is 9.45. The monoisotopic (exact) mass is 452 g/mol. The number of Topliss-reactive ketones (excluding diaryl/α,β-unsaturated/α-hetero) is 1. The standard InChI is InChI=1S/C27H33FN2O3/c28-24-10-8-20(9-11-24)15-22-7-4-14-30(17-22)18-23-16-25(31)12-13-26(23)29-27(32)33-19-21-5-2-1-3-6-21/h1-3,5-6,8-11,22-23,26H,4,7,12-19H2,(H,29,32)/t22-,23-,26+/m0/s1. The van der Waals surface area contributed by atoms with Crippen LogP contribution in [-0.4, -0.2) is 42.5 Å². The fourth-order valence-corrected chi connectivity index (χ4v) is 5.16. The number of ether oxygens (including phenoxy) is 1. The average molecular weight is 453 g/mol. The Morgan fingerprint density at radius 2 is 1.85 bits per heavy atom. The highest BCUT2D eigenvalue weighted by Crippen LogP contribution is 2.27. The van der Waals surface area contributed by atoms with E-state index in [1.165, 1.54) is 12.1 Å². The van der Waals surface area contributed by atoms with Crippen molar-refractivity contribution in [1.82, 2.24) is 10.2 Å². The molecule has 2 aromatic rings. The number of alkyl carbamates (subject to hydrolysis) is 1. The maximum Gasteiger partial charge on any atom is 0.407 e. The molecule has 2 aromatic carbocycles. The molecular weight excluding hydrogens is 419 g/mol. The van der Waals surface area contributed by atoms with Crippen molar-refractivity contribution < 1.29 is 18.7 Å². The summed E-state index contributed by atoms with van der Waals surface area (Å²) in [5.41, 5.74) is 2.11. The minimum atomic E-state index is -0.420. The van der Waals surface area contributed by atoms with Gasteiger partial charge in [0, 0.05) is 32.0 Å². The third-order valence-electron chi connectivity index (χ3n) is 6.84. The first kappa shape index (κ1) is 23.4. The number of benzene rings is 2. The number of carbonyl (C=O) groups is 2. The maximum absolute atomic E-state index is 13.2. The van der Waals surface area contributed by atoms with Crippen LogP contribution in [0, 0.1) is 17.7 Å². The lowest BCUT2D eigenvalue weighted by Crippen LogP contribution is -2.49. The molecule has 1 saturated carbocycles. The van der Waals surface area contributed by atoms with Crippen LogP contribution in [0.2, 0.25) is 0 Å². The molecule has 0 unspecified atom stereocenters. The molecule has 1 aliphatic carbocycles. The Kier molecular flexibility index (Phi) is 8.10. The number of ketones is 1. The smallest absolute Gasteiger partial charge is 0.407 e. The van der Waals surface area contributed by atoms with Crippen molar-refractivity contribution in [3.8, 4) is 0 Å². The normalized spacial score (nSPS) is 23.8. The molecule has 1 heterocycles. The summed E-state index contributed by atoms with van der Waals surface area (Å²) < 4.78 is 18.6. The van der Waals surface area contributed by atoms with Crippen LogP contribution in [0.4, 0.5) is 9.18 Å². The number of nitrogens with one attached hydrogen (secondary N) is 1. The number of nitrogens with zero attached hydrogens (tertiary/aromatic N) is 1. The summed E-state index contributed by atoms with van der Waals surface area (Å²) in [7, 11) is 0. The van der Waals surface area contributed by atoms with Crippen LogP contribution < -0.4 is 5.32 Å². The molecule has 2 aliphatic rings. The molecular formula is C27H33FN2O3.